The molecule has 3 aromatic rings. The fourth-order valence-electron chi connectivity index (χ4n) is 3.08. The third kappa shape index (κ3) is 3.14. The van der Waals surface area contributed by atoms with E-state index in [9.17, 15) is 15.0 Å². The molecule has 4 N–H and O–H groups in total. The zero-order valence-electron chi connectivity index (χ0n) is 14.3. The molecule has 0 unspecified atom stereocenters. The molecule has 0 bridgehead atoms. The number of aromatic nitrogens is 4. The minimum absolute atomic E-state index is 0.113. The molecule has 2 aromatic heterocycles. The standard InChI is InChI=1S/C18H18N6O3/c25-8-12(9-26)24-10-20-23-17(24)14-5-2-6-15(22-14)21-13-4-1-3-11-7-19-18(27)16(11)13/h1-6,10,12,25-26H,7-9H2,(H,19,27)(H,21,22). The largest absolute Gasteiger partial charge is 0.394 e. The quantitative estimate of drug-likeness (QED) is 0.510. The Hall–Kier alpha value is -3.30. The summed E-state index contributed by atoms with van der Waals surface area (Å²) in [4.78, 5) is 16.6. The van der Waals surface area contributed by atoms with E-state index in [0.717, 1.165) is 5.56 Å². The molecule has 1 aromatic carbocycles. The lowest BCUT2D eigenvalue weighted by molar-refractivity contribution is 0.0966. The number of anilines is 2. The van der Waals surface area contributed by atoms with Crippen LogP contribution in [0.15, 0.2) is 42.7 Å². The zero-order chi connectivity index (χ0) is 18.8. The van der Waals surface area contributed by atoms with E-state index in [1.54, 1.807) is 22.8 Å². The average molecular weight is 366 g/mol. The van der Waals surface area contributed by atoms with Gasteiger partial charge in [0.1, 0.15) is 17.8 Å². The van der Waals surface area contributed by atoms with Crippen molar-refractivity contribution in [1.29, 1.82) is 0 Å². The number of aliphatic hydroxyl groups is 2. The summed E-state index contributed by atoms with van der Waals surface area (Å²) in [5.41, 5.74) is 2.77. The van der Waals surface area contributed by atoms with Gasteiger partial charge in [-0.05, 0) is 23.8 Å². The molecule has 27 heavy (non-hydrogen) atoms. The topological polar surface area (TPSA) is 125 Å². The fourth-order valence-corrected chi connectivity index (χ4v) is 3.08. The number of hydrogen-bond acceptors (Lipinski definition) is 7. The van der Waals surface area contributed by atoms with Crippen LogP contribution in [-0.4, -0.2) is 49.1 Å². The van der Waals surface area contributed by atoms with Crippen molar-refractivity contribution in [3.63, 3.8) is 0 Å². The number of fused-ring (bicyclic) bond motifs is 1. The zero-order valence-corrected chi connectivity index (χ0v) is 14.3. The highest BCUT2D eigenvalue weighted by Gasteiger charge is 2.22. The minimum atomic E-state index is -0.547. The summed E-state index contributed by atoms with van der Waals surface area (Å²) in [6, 6.07) is 10.4. The van der Waals surface area contributed by atoms with Crippen molar-refractivity contribution in [1.82, 2.24) is 25.1 Å². The number of hydrogen-bond donors (Lipinski definition) is 4. The van der Waals surface area contributed by atoms with E-state index < -0.39 is 6.04 Å². The summed E-state index contributed by atoms with van der Waals surface area (Å²) >= 11 is 0. The second-order valence-corrected chi connectivity index (χ2v) is 6.14. The molecule has 0 atom stereocenters. The van der Waals surface area contributed by atoms with Gasteiger partial charge < -0.3 is 25.4 Å². The van der Waals surface area contributed by atoms with Gasteiger partial charge in [-0.25, -0.2) is 4.98 Å². The van der Waals surface area contributed by atoms with Crippen molar-refractivity contribution in [2.75, 3.05) is 18.5 Å². The molecule has 3 heterocycles. The third-order valence-electron chi connectivity index (χ3n) is 4.45. The summed E-state index contributed by atoms with van der Waals surface area (Å²) in [7, 11) is 0. The highest BCUT2D eigenvalue weighted by Crippen LogP contribution is 2.27. The van der Waals surface area contributed by atoms with Gasteiger partial charge in [0.15, 0.2) is 5.82 Å². The Morgan fingerprint density at radius 2 is 2.00 bits per heavy atom. The smallest absolute Gasteiger partial charge is 0.254 e. The van der Waals surface area contributed by atoms with Crippen LogP contribution >= 0.6 is 0 Å². The van der Waals surface area contributed by atoms with Crippen LogP contribution in [0.1, 0.15) is 22.0 Å². The Bertz CT molecular complexity index is 983. The maximum atomic E-state index is 12.1. The number of aliphatic hydroxyl groups excluding tert-OH is 2. The number of carbonyl (C=O) groups is 1. The van der Waals surface area contributed by atoms with Crippen molar-refractivity contribution in [3.05, 3.63) is 53.9 Å². The first-order valence-electron chi connectivity index (χ1n) is 8.47. The van der Waals surface area contributed by atoms with Gasteiger partial charge in [-0.2, -0.15) is 0 Å². The molecule has 0 spiro atoms. The Kier molecular flexibility index (Phi) is 4.53. The molecule has 0 fully saturated rings. The van der Waals surface area contributed by atoms with Crippen LogP contribution in [0.3, 0.4) is 0 Å². The van der Waals surface area contributed by atoms with E-state index in [1.165, 1.54) is 6.33 Å². The Labute approximate surface area is 154 Å². The molecule has 1 aliphatic heterocycles. The molecule has 138 valence electrons. The molecule has 1 amide bonds. The Morgan fingerprint density at radius 3 is 2.81 bits per heavy atom. The highest BCUT2D eigenvalue weighted by atomic mass is 16.3. The van der Waals surface area contributed by atoms with Gasteiger partial charge >= 0.3 is 0 Å². The second kappa shape index (κ2) is 7.14. The Balaban J connectivity index is 1.67. The van der Waals surface area contributed by atoms with E-state index in [-0.39, 0.29) is 19.1 Å². The van der Waals surface area contributed by atoms with Crippen LogP contribution in [0.2, 0.25) is 0 Å². The third-order valence-corrected chi connectivity index (χ3v) is 4.45. The van der Waals surface area contributed by atoms with Gasteiger partial charge in [0.05, 0.1) is 30.5 Å². The van der Waals surface area contributed by atoms with Gasteiger partial charge in [-0.15, -0.1) is 10.2 Å². The lowest BCUT2D eigenvalue weighted by Crippen LogP contribution is -2.17. The Morgan fingerprint density at radius 1 is 1.19 bits per heavy atom. The minimum Gasteiger partial charge on any atom is -0.394 e. The lowest BCUT2D eigenvalue weighted by Gasteiger charge is -2.15. The molecule has 0 aliphatic carbocycles. The van der Waals surface area contributed by atoms with Gasteiger partial charge in [0.2, 0.25) is 0 Å². The fraction of sp³-hybridized carbons (Fsp3) is 0.222. The van der Waals surface area contributed by atoms with Crippen molar-refractivity contribution >= 4 is 17.4 Å². The van der Waals surface area contributed by atoms with E-state index >= 15 is 0 Å². The number of rotatable bonds is 6. The van der Waals surface area contributed by atoms with Crippen LogP contribution in [-0.2, 0) is 6.54 Å². The van der Waals surface area contributed by atoms with Crippen molar-refractivity contribution in [2.45, 2.75) is 12.6 Å². The highest BCUT2D eigenvalue weighted by molar-refractivity contribution is 6.04. The monoisotopic (exact) mass is 366 g/mol. The van der Waals surface area contributed by atoms with Crippen LogP contribution in [0.5, 0.6) is 0 Å². The van der Waals surface area contributed by atoms with Gasteiger partial charge in [-0.3, -0.25) is 4.79 Å². The predicted molar refractivity (Wildman–Crippen MR) is 97.4 cm³/mol. The van der Waals surface area contributed by atoms with Crippen LogP contribution in [0.25, 0.3) is 11.5 Å². The molecular formula is C18H18N6O3. The van der Waals surface area contributed by atoms with Crippen LogP contribution in [0.4, 0.5) is 11.5 Å². The molecule has 0 radical (unpaired) electrons. The first-order chi connectivity index (χ1) is 13.2. The van der Waals surface area contributed by atoms with E-state index in [4.69, 9.17) is 0 Å². The normalized spacial score (nSPS) is 12.9. The maximum Gasteiger partial charge on any atom is 0.254 e. The average Bonchev–Trinajstić information content (AvgIpc) is 3.31. The van der Waals surface area contributed by atoms with E-state index in [0.29, 0.717) is 35.1 Å². The van der Waals surface area contributed by atoms with Gasteiger partial charge in [0, 0.05) is 6.54 Å². The number of amides is 1. The summed E-state index contributed by atoms with van der Waals surface area (Å²) < 4.78 is 1.58. The van der Waals surface area contributed by atoms with Gasteiger partial charge in [-0.1, -0.05) is 18.2 Å². The number of pyridine rings is 1. The predicted octanol–water partition coefficient (Wildman–Crippen LogP) is 0.853. The molecule has 0 saturated heterocycles. The van der Waals surface area contributed by atoms with Crippen molar-refractivity contribution in [2.24, 2.45) is 0 Å². The molecule has 9 nitrogen and oxygen atoms in total. The molecule has 9 heteroatoms. The summed E-state index contributed by atoms with van der Waals surface area (Å²) in [6.07, 6.45) is 1.45. The SMILES string of the molecule is O=C1NCc2cccc(Nc3cccc(-c4nncn4C(CO)CO)n3)c21. The van der Waals surface area contributed by atoms with Crippen LogP contribution < -0.4 is 10.6 Å². The molecular weight excluding hydrogens is 348 g/mol. The first kappa shape index (κ1) is 17.1. The molecule has 4 rings (SSSR count). The van der Waals surface area contributed by atoms with Crippen LogP contribution in [0, 0.1) is 0 Å². The lowest BCUT2D eigenvalue weighted by atomic mass is 10.1. The van der Waals surface area contributed by atoms with Crippen molar-refractivity contribution < 1.29 is 15.0 Å². The van der Waals surface area contributed by atoms with Crippen molar-refractivity contribution in [3.8, 4) is 11.5 Å². The maximum absolute atomic E-state index is 12.1. The summed E-state index contributed by atoms with van der Waals surface area (Å²) in [6.45, 7) is 0.0272. The molecule has 0 saturated carbocycles. The molecule has 1 aliphatic rings. The van der Waals surface area contributed by atoms with E-state index in [2.05, 4.69) is 25.8 Å². The number of nitrogens with one attached hydrogen (secondary N) is 2. The summed E-state index contributed by atoms with van der Waals surface area (Å²) in [5, 5.41) is 32.8. The second-order valence-electron chi connectivity index (χ2n) is 6.14. The number of benzene rings is 1. The van der Waals surface area contributed by atoms with Gasteiger partial charge in [0.25, 0.3) is 5.91 Å². The first-order valence-corrected chi connectivity index (χ1v) is 8.47. The summed E-state index contributed by atoms with van der Waals surface area (Å²) in [5.74, 6) is 0.861. The number of carbonyl (C=O) groups excluding carboxylic acids is 1. The van der Waals surface area contributed by atoms with E-state index in [1.807, 2.05) is 18.2 Å². The number of nitrogens with zero attached hydrogens (tertiary/aromatic N) is 4.